The van der Waals surface area contributed by atoms with Crippen molar-refractivity contribution in [1.29, 1.82) is 0 Å². The van der Waals surface area contributed by atoms with Gasteiger partial charge >= 0.3 is 0 Å². The van der Waals surface area contributed by atoms with Crippen LogP contribution < -0.4 is 0 Å². The molecule has 0 bridgehead atoms. The monoisotopic (exact) mass is 203 g/mol. The van der Waals surface area contributed by atoms with Crippen LogP contribution in [0.15, 0.2) is 0 Å². The standard InChI is InChI=1S/C9H17NO2S/c1-9(11)13-8-2-3-10-4-6-12-7-5-10/h2-8H2,1H3. The largest absolute Gasteiger partial charge is 0.379 e. The van der Waals surface area contributed by atoms with Gasteiger partial charge in [0.15, 0.2) is 5.12 Å². The van der Waals surface area contributed by atoms with Crippen LogP contribution in [0.1, 0.15) is 13.3 Å². The molecule has 1 fully saturated rings. The van der Waals surface area contributed by atoms with E-state index in [2.05, 4.69) is 4.90 Å². The number of carbonyl (C=O) groups is 1. The van der Waals surface area contributed by atoms with Gasteiger partial charge in [-0.2, -0.15) is 0 Å². The van der Waals surface area contributed by atoms with Crippen LogP contribution >= 0.6 is 11.8 Å². The second-order valence-electron chi connectivity index (χ2n) is 3.15. The Morgan fingerprint density at radius 2 is 2.15 bits per heavy atom. The highest BCUT2D eigenvalue weighted by atomic mass is 32.2. The lowest BCUT2D eigenvalue weighted by Crippen LogP contribution is -2.37. The molecule has 1 rings (SSSR count). The van der Waals surface area contributed by atoms with Crippen LogP contribution in [-0.2, 0) is 9.53 Å². The predicted octanol–water partition coefficient (Wildman–Crippen LogP) is 0.988. The average molecular weight is 203 g/mol. The summed E-state index contributed by atoms with van der Waals surface area (Å²) in [5.74, 6) is 0.951. The van der Waals surface area contributed by atoms with Crippen LogP contribution in [0, 0.1) is 0 Å². The van der Waals surface area contributed by atoms with E-state index in [1.807, 2.05) is 0 Å². The normalized spacial score (nSPS) is 18.8. The summed E-state index contributed by atoms with van der Waals surface area (Å²) in [6.07, 6.45) is 1.10. The Morgan fingerprint density at radius 1 is 1.46 bits per heavy atom. The van der Waals surface area contributed by atoms with Gasteiger partial charge < -0.3 is 4.74 Å². The van der Waals surface area contributed by atoms with Crippen molar-refractivity contribution in [3.05, 3.63) is 0 Å². The van der Waals surface area contributed by atoms with E-state index in [9.17, 15) is 4.79 Å². The van der Waals surface area contributed by atoms with Gasteiger partial charge in [-0.05, 0) is 13.0 Å². The summed E-state index contributed by atoms with van der Waals surface area (Å²) in [7, 11) is 0. The molecule has 0 amide bonds. The molecular formula is C9H17NO2S. The molecule has 0 unspecified atom stereocenters. The third kappa shape index (κ3) is 5.29. The smallest absolute Gasteiger partial charge is 0.185 e. The van der Waals surface area contributed by atoms with E-state index in [0.29, 0.717) is 0 Å². The molecule has 4 heteroatoms. The molecule has 1 aliphatic rings. The highest BCUT2D eigenvalue weighted by molar-refractivity contribution is 8.13. The summed E-state index contributed by atoms with van der Waals surface area (Å²) in [5, 5.41) is 0.224. The first-order valence-corrected chi connectivity index (χ1v) is 5.71. The Bertz CT molecular complexity index is 158. The van der Waals surface area contributed by atoms with E-state index in [-0.39, 0.29) is 5.12 Å². The topological polar surface area (TPSA) is 29.5 Å². The average Bonchev–Trinajstić information content (AvgIpc) is 2.14. The number of nitrogens with zero attached hydrogens (tertiary/aromatic N) is 1. The summed E-state index contributed by atoms with van der Waals surface area (Å²) in [5.41, 5.74) is 0. The number of hydrogen-bond acceptors (Lipinski definition) is 4. The van der Waals surface area contributed by atoms with Gasteiger partial charge in [-0.15, -0.1) is 0 Å². The van der Waals surface area contributed by atoms with Crippen LogP contribution in [-0.4, -0.2) is 48.6 Å². The Morgan fingerprint density at radius 3 is 2.77 bits per heavy atom. The number of rotatable bonds is 4. The lowest BCUT2D eigenvalue weighted by molar-refractivity contribution is -0.109. The minimum atomic E-state index is 0.224. The SMILES string of the molecule is CC(=O)SCCCN1CCOCC1. The van der Waals surface area contributed by atoms with E-state index in [1.165, 1.54) is 11.8 Å². The Kier molecular flexibility index (Phi) is 5.43. The maximum atomic E-state index is 10.6. The van der Waals surface area contributed by atoms with Crippen molar-refractivity contribution in [2.75, 3.05) is 38.6 Å². The third-order valence-electron chi connectivity index (χ3n) is 2.03. The fraction of sp³-hybridized carbons (Fsp3) is 0.889. The van der Waals surface area contributed by atoms with E-state index in [1.54, 1.807) is 6.92 Å². The number of ether oxygens (including phenoxy) is 1. The molecule has 0 aliphatic carbocycles. The zero-order chi connectivity index (χ0) is 9.52. The van der Waals surface area contributed by atoms with Crippen LogP contribution in [0.25, 0.3) is 0 Å². The van der Waals surface area contributed by atoms with E-state index >= 15 is 0 Å². The van der Waals surface area contributed by atoms with E-state index in [4.69, 9.17) is 4.74 Å². The molecule has 1 heterocycles. The van der Waals surface area contributed by atoms with Gasteiger partial charge in [-0.1, -0.05) is 11.8 Å². The summed E-state index contributed by atoms with van der Waals surface area (Å²) in [6, 6.07) is 0. The fourth-order valence-corrected chi connectivity index (χ4v) is 1.89. The van der Waals surface area contributed by atoms with Crippen LogP contribution in [0.4, 0.5) is 0 Å². The van der Waals surface area contributed by atoms with Crippen molar-refractivity contribution in [3.63, 3.8) is 0 Å². The summed E-state index contributed by atoms with van der Waals surface area (Å²) < 4.78 is 5.24. The number of carbonyl (C=O) groups excluding carboxylic acids is 1. The minimum absolute atomic E-state index is 0.224. The van der Waals surface area contributed by atoms with Crippen molar-refractivity contribution >= 4 is 16.9 Å². The maximum Gasteiger partial charge on any atom is 0.185 e. The van der Waals surface area contributed by atoms with E-state index < -0.39 is 0 Å². The molecule has 1 aliphatic heterocycles. The lowest BCUT2D eigenvalue weighted by Gasteiger charge is -2.26. The molecule has 0 aromatic rings. The summed E-state index contributed by atoms with van der Waals surface area (Å²) in [6.45, 7) is 6.54. The summed E-state index contributed by atoms with van der Waals surface area (Å²) in [4.78, 5) is 13.0. The van der Waals surface area contributed by atoms with Crippen molar-refractivity contribution in [2.24, 2.45) is 0 Å². The van der Waals surface area contributed by atoms with Crippen molar-refractivity contribution in [2.45, 2.75) is 13.3 Å². The predicted molar refractivity (Wildman–Crippen MR) is 55.0 cm³/mol. The fourth-order valence-electron chi connectivity index (χ4n) is 1.33. The zero-order valence-electron chi connectivity index (χ0n) is 8.12. The maximum absolute atomic E-state index is 10.6. The van der Waals surface area contributed by atoms with Crippen molar-refractivity contribution in [1.82, 2.24) is 4.90 Å². The third-order valence-corrected chi connectivity index (χ3v) is 2.93. The molecule has 0 aromatic carbocycles. The first-order chi connectivity index (χ1) is 6.29. The van der Waals surface area contributed by atoms with Crippen LogP contribution in [0.3, 0.4) is 0 Å². The van der Waals surface area contributed by atoms with Crippen LogP contribution in [0.2, 0.25) is 0 Å². The first kappa shape index (κ1) is 11.0. The number of hydrogen-bond donors (Lipinski definition) is 0. The second-order valence-corrected chi connectivity index (χ2v) is 4.42. The first-order valence-electron chi connectivity index (χ1n) is 4.72. The molecule has 0 saturated carbocycles. The molecule has 13 heavy (non-hydrogen) atoms. The number of thioether (sulfide) groups is 1. The Hall–Kier alpha value is -0.0600. The van der Waals surface area contributed by atoms with E-state index in [0.717, 1.165) is 45.0 Å². The molecule has 0 N–H and O–H groups in total. The van der Waals surface area contributed by atoms with Gasteiger partial charge in [0.05, 0.1) is 13.2 Å². The van der Waals surface area contributed by atoms with Crippen molar-refractivity contribution in [3.8, 4) is 0 Å². The Labute approximate surface area is 83.8 Å². The van der Waals surface area contributed by atoms with Gasteiger partial charge in [0.1, 0.15) is 0 Å². The lowest BCUT2D eigenvalue weighted by atomic mass is 10.4. The Balaban J connectivity index is 1.95. The molecular weight excluding hydrogens is 186 g/mol. The van der Waals surface area contributed by atoms with Crippen LogP contribution in [0.5, 0.6) is 0 Å². The van der Waals surface area contributed by atoms with Crippen molar-refractivity contribution < 1.29 is 9.53 Å². The molecule has 0 atom stereocenters. The number of morpholine rings is 1. The summed E-state index contributed by atoms with van der Waals surface area (Å²) >= 11 is 1.42. The van der Waals surface area contributed by atoms with Gasteiger partial charge in [-0.3, -0.25) is 9.69 Å². The van der Waals surface area contributed by atoms with Gasteiger partial charge in [0, 0.05) is 25.8 Å². The molecule has 0 spiro atoms. The molecule has 76 valence electrons. The highest BCUT2D eigenvalue weighted by Crippen LogP contribution is 2.05. The molecule has 3 nitrogen and oxygen atoms in total. The van der Waals surface area contributed by atoms with Gasteiger partial charge in [-0.25, -0.2) is 0 Å². The quantitative estimate of drug-likeness (QED) is 0.637. The van der Waals surface area contributed by atoms with Gasteiger partial charge in [0.2, 0.25) is 0 Å². The zero-order valence-corrected chi connectivity index (χ0v) is 8.94. The highest BCUT2D eigenvalue weighted by Gasteiger charge is 2.09. The minimum Gasteiger partial charge on any atom is -0.379 e. The molecule has 0 aromatic heterocycles. The second kappa shape index (κ2) is 6.40. The van der Waals surface area contributed by atoms with Gasteiger partial charge in [0.25, 0.3) is 0 Å². The molecule has 1 saturated heterocycles. The molecule has 0 radical (unpaired) electrons.